The standard InChI is InChI=1S/C23H20BrN3O4/c1-30-21-13-16(14-25-27-23(29)17-8-10-18(24)11-9-17)7-12-20(21)31-15-22(28)26-19-5-3-2-4-6-19/h2-14H,15H2,1H3,(H,26,28)(H,27,29)/b25-14+. The lowest BCUT2D eigenvalue weighted by atomic mass is 10.2. The number of carbonyl (C=O) groups excluding carboxylic acids is 2. The van der Waals surface area contributed by atoms with E-state index >= 15 is 0 Å². The van der Waals surface area contributed by atoms with Gasteiger partial charge in [-0.3, -0.25) is 9.59 Å². The molecule has 0 spiro atoms. The molecule has 0 atom stereocenters. The maximum atomic E-state index is 12.1. The number of hydrogen-bond donors (Lipinski definition) is 2. The molecule has 0 aliphatic carbocycles. The van der Waals surface area contributed by atoms with E-state index in [1.165, 1.54) is 13.3 Å². The minimum absolute atomic E-state index is 0.165. The highest BCUT2D eigenvalue weighted by Crippen LogP contribution is 2.27. The molecule has 0 aromatic heterocycles. The molecule has 0 saturated heterocycles. The van der Waals surface area contributed by atoms with Crippen LogP contribution in [0.2, 0.25) is 0 Å². The van der Waals surface area contributed by atoms with Crippen LogP contribution in [0.15, 0.2) is 82.4 Å². The van der Waals surface area contributed by atoms with Crippen molar-refractivity contribution in [2.75, 3.05) is 19.0 Å². The molecule has 0 heterocycles. The Labute approximate surface area is 188 Å². The van der Waals surface area contributed by atoms with Crippen LogP contribution in [0.4, 0.5) is 5.69 Å². The SMILES string of the molecule is COc1cc(/C=N/NC(=O)c2ccc(Br)cc2)ccc1OCC(=O)Nc1ccccc1. The van der Waals surface area contributed by atoms with Crippen LogP contribution in [0, 0.1) is 0 Å². The highest BCUT2D eigenvalue weighted by atomic mass is 79.9. The van der Waals surface area contributed by atoms with E-state index < -0.39 is 0 Å². The molecule has 0 radical (unpaired) electrons. The van der Waals surface area contributed by atoms with Gasteiger partial charge in [-0.15, -0.1) is 0 Å². The van der Waals surface area contributed by atoms with E-state index in [2.05, 4.69) is 31.8 Å². The van der Waals surface area contributed by atoms with Crippen LogP contribution in [0.3, 0.4) is 0 Å². The zero-order chi connectivity index (χ0) is 22.1. The van der Waals surface area contributed by atoms with E-state index in [9.17, 15) is 9.59 Å². The Balaban J connectivity index is 1.56. The van der Waals surface area contributed by atoms with Crippen LogP contribution in [0.25, 0.3) is 0 Å². The molecule has 0 bridgehead atoms. The summed E-state index contributed by atoms with van der Waals surface area (Å²) < 4.78 is 11.8. The third-order valence-corrected chi connectivity index (χ3v) is 4.62. The summed E-state index contributed by atoms with van der Waals surface area (Å²) in [7, 11) is 1.50. The molecule has 158 valence electrons. The Morgan fingerprint density at radius 2 is 1.74 bits per heavy atom. The van der Waals surface area contributed by atoms with Crippen molar-refractivity contribution in [3.8, 4) is 11.5 Å². The van der Waals surface area contributed by atoms with Gasteiger partial charge >= 0.3 is 0 Å². The Hall–Kier alpha value is -3.65. The van der Waals surface area contributed by atoms with Crippen molar-refractivity contribution in [3.05, 3.63) is 88.4 Å². The van der Waals surface area contributed by atoms with Crippen molar-refractivity contribution in [2.24, 2.45) is 5.10 Å². The second-order valence-corrected chi connectivity index (χ2v) is 7.23. The van der Waals surface area contributed by atoms with Crippen LogP contribution < -0.4 is 20.2 Å². The minimum atomic E-state index is -0.319. The van der Waals surface area contributed by atoms with E-state index in [0.717, 1.165) is 4.47 Å². The molecule has 0 aliphatic heterocycles. The quantitative estimate of drug-likeness (QED) is 0.372. The predicted molar refractivity (Wildman–Crippen MR) is 123 cm³/mol. The molecule has 0 saturated carbocycles. The molecule has 3 rings (SSSR count). The second-order valence-electron chi connectivity index (χ2n) is 6.32. The van der Waals surface area contributed by atoms with E-state index in [-0.39, 0.29) is 18.4 Å². The number of halogens is 1. The zero-order valence-electron chi connectivity index (χ0n) is 16.7. The number of para-hydroxylation sites is 1. The van der Waals surface area contributed by atoms with Crippen molar-refractivity contribution in [1.29, 1.82) is 0 Å². The highest BCUT2D eigenvalue weighted by Gasteiger charge is 2.09. The number of methoxy groups -OCH3 is 1. The lowest BCUT2D eigenvalue weighted by molar-refractivity contribution is -0.118. The Bertz CT molecular complexity index is 1070. The molecule has 8 heteroatoms. The first-order chi connectivity index (χ1) is 15.0. The van der Waals surface area contributed by atoms with Crippen LogP contribution in [0.5, 0.6) is 11.5 Å². The maximum absolute atomic E-state index is 12.1. The smallest absolute Gasteiger partial charge is 0.271 e. The van der Waals surface area contributed by atoms with Crippen molar-refractivity contribution in [1.82, 2.24) is 5.43 Å². The summed E-state index contributed by atoms with van der Waals surface area (Å²) in [6.45, 7) is -0.165. The largest absolute Gasteiger partial charge is 0.493 e. The number of hydrogen-bond acceptors (Lipinski definition) is 5. The minimum Gasteiger partial charge on any atom is -0.493 e. The third-order valence-electron chi connectivity index (χ3n) is 4.09. The highest BCUT2D eigenvalue weighted by molar-refractivity contribution is 9.10. The van der Waals surface area contributed by atoms with Gasteiger partial charge < -0.3 is 14.8 Å². The molecule has 3 aromatic rings. The fourth-order valence-corrected chi connectivity index (χ4v) is 2.84. The molecule has 2 amide bonds. The lowest BCUT2D eigenvalue weighted by Crippen LogP contribution is -2.20. The first-order valence-electron chi connectivity index (χ1n) is 9.30. The lowest BCUT2D eigenvalue weighted by Gasteiger charge is -2.11. The fraction of sp³-hybridized carbons (Fsp3) is 0.0870. The Kier molecular flexibility index (Phi) is 7.78. The van der Waals surface area contributed by atoms with E-state index in [4.69, 9.17) is 9.47 Å². The second kappa shape index (κ2) is 10.9. The molecule has 0 fully saturated rings. The number of nitrogens with one attached hydrogen (secondary N) is 2. The zero-order valence-corrected chi connectivity index (χ0v) is 18.3. The first-order valence-corrected chi connectivity index (χ1v) is 10.1. The number of carbonyl (C=O) groups is 2. The van der Waals surface area contributed by atoms with Gasteiger partial charge in [0, 0.05) is 15.7 Å². The third kappa shape index (κ3) is 6.68. The average Bonchev–Trinajstić information content (AvgIpc) is 2.79. The Morgan fingerprint density at radius 3 is 2.45 bits per heavy atom. The van der Waals surface area contributed by atoms with Crippen LogP contribution in [-0.4, -0.2) is 31.7 Å². The first kappa shape index (κ1) is 22.0. The molecule has 0 aliphatic rings. The number of benzene rings is 3. The van der Waals surface area contributed by atoms with Gasteiger partial charge in [0.15, 0.2) is 18.1 Å². The van der Waals surface area contributed by atoms with Crippen LogP contribution in [-0.2, 0) is 4.79 Å². The molecule has 7 nitrogen and oxygen atoms in total. The van der Waals surface area contributed by atoms with Gasteiger partial charge in [0.05, 0.1) is 13.3 Å². The number of rotatable bonds is 8. The summed E-state index contributed by atoms with van der Waals surface area (Å²) in [5, 5.41) is 6.72. The van der Waals surface area contributed by atoms with Crippen molar-refractivity contribution < 1.29 is 19.1 Å². The van der Waals surface area contributed by atoms with Gasteiger partial charge in [-0.2, -0.15) is 5.10 Å². The predicted octanol–water partition coefficient (Wildman–Crippen LogP) is 4.24. The Morgan fingerprint density at radius 1 is 1.00 bits per heavy atom. The van der Waals surface area contributed by atoms with Crippen LogP contribution >= 0.6 is 15.9 Å². The summed E-state index contributed by atoms with van der Waals surface area (Å²) in [6, 6.07) is 21.2. The average molecular weight is 482 g/mol. The number of hydrazone groups is 1. The number of amides is 2. The van der Waals surface area contributed by atoms with Gasteiger partial charge in [-0.1, -0.05) is 34.1 Å². The van der Waals surface area contributed by atoms with Crippen molar-refractivity contribution in [2.45, 2.75) is 0 Å². The van der Waals surface area contributed by atoms with E-state index in [0.29, 0.717) is 28.3 Å². The molecule has 3 aromatic carbocycles. The summed E-state index contributed by atoms with van der Waals surface area (Å²) in [5.74, 6) is 0.257. The monoisotopic (exact) mass is 481 g/mol. The van der Waals surface area contributed by atoms with Crippen molar-refractivity contribution in [3.63, 3.8) is 0 Å². The molecule has 0 unspecified atom stereocenters. The van der Waals surface area contributed by atoms with Gasteiger partial charge in [0.25, 0.3) is 11.8 Å². The molecular formula is C23H20BrN3O4. The molecule has 31 heavy (non-hydrogen) atoms. The topological polar surface area (TPSA) is 89.0 Å². The number of anilines is 1. The fourth-order valence-electron chi connectivity index (χ4n) is 2.58. The molecular weight excluding hydrogens is 462 g/mol. The van der Waals surface area contributed by atoms with Gasteiger partial charge in [-0.25, -0.2) is 5.43 Å². The summed E-state index contributed by atoms with van der Waals surface area (Å²) in [5.41, 5.74) is 4.35. The normalized spacial score (nSPS) is 10.5. The van der Waals surface area contributed by atoms with E-state index in [1.807, 2.05) is 18.2 Å². The summed E-state index contributed by atoms with van der Waals surface area (Å²) in [4.78, 5) is 24.1. The summed E-state index contributed by atoms with van der Waals surface area (Å²) >= 11 is 3.33. The van der Waals surface area contributed by atoms with Gasteiger partial charge in [0.1, 0.15) is 0 Å². The van der Waals surface area contributed by atoms with Gasteiger partial charge in [0.2, 0.25) is 0 Å². The molecule has 2 N–H and O–H groups in total. The number of ether oxygens (including phenoxy) is 2. The van der Waals surface area contributed by atoms with Crippen molar-refractivity contribution >= 4 is 39.6 Å². The van der Waals surface area contributed by atoms with Crippen LogP contribution in [0.1, 0.15) is 15.9 Å². The summed E-state index contributed by atoms with van der Waals surface area (Å²) in [6.07, 6.45) is 1.49. The number of nitrogens with zero attached hydrogens (tertiary/aromatic N) is 1. The van der Waals surface area contributed by atoms with E-state index in [1.54, 1.807) is 54.6 Å². The maximum Gasteiger partial charge on any atom is 0.271 e. The van der Waals surface area contributed by atoms with Gasteiger partial charge in [-0.05, 0) is 60.2 Å².